The number of ether oxygens (including phenoxy) is 1. The van der Waals surface area contributed by atoms with Gasteiger partial charge in [0.25, 0.3) is 0 Å². The lowest BCUT2D eigenvalue weighted by Crippen LogP contribution is -2.43. The predicted molar refractivity (Wildman–Crippen MR) is 67.3 cm³/mol. The maximum absolute atomic E-state index is 11.7. The summed E-state index contributed by atoms with van der Waals surface area (Å²) in [6.07, 6.45) is -0.417. The van der Waals surface area contributed by atoms with Gasteiger partial charge in [0.2, 0.25) is 0 Å². The third kappa shape index (κ3) is 6.36. The maximum atomic E-state index is 11.7. The Labute approximate surface area is 108 Å². The lowest BCUT2D eigenvalue weighted by atomic mass is 10.2. The lowest BCUT2D eigenvalue weighted by Gasteiger charge is -2.29. The number of likely N-dealkylation sites (N-methyl/N-ethyl adjacent to an activating group) is 2. The number of nitrogens with zero attached hydrogens (tertiary/aromatic N) is 2. The van der Waals surface area contributed by atoms with E-state index in [1.54, 1.807) is 41.8 Å². The molecule has 0 heterocycles. The Bertz CT molecular complexity index is 289. The van der Waals surface area contributed by atoms with Crippen molar-refractivity contribution in [2.75, 3.05) is 20.6 Å². The van der Waals surface area contributed by atoms with Crippen LogP contribution < -0.4 is 0 Å². The quantitative estimate of drug-likeness (QED) is 0.581. The van der Waals surface area contributed by atoms with E-state index < -0.39 is 17.1 Å². The number of amides is 2. The van der Waals surface area contributed by atoms with Gasteiger partial charge in [-0.1, -0.05) is 0 Å². The van der Waals surface area contributed by atoms with Crippen molar-refractivity contribution in [1.29, 1.82) is 0 Å². The summed E-state index contributed by atoms with van der Waals surface area (Å²) in [6.45, 7) is 7.58. The van der Waals surface area contributed by atoms with Crippen molar-refractivity contribution in [3.63, 3.8) is 0 Å². The first kappa shape index (κ1) is 16.0. The van der Waals surface area contributed by atoms with Crippen LogP contribution in [0.4, 0.5) is 9.59 Å². The minimum Gasteiger partial charge on any atom is -0.444 e. The summed E-state index contributed by atoms with van der Waals surface area (Å²) < 4.78 is 5.19. The summed E-state index contributed by atoms with van der Waals surface area (Å²) in [5, 5.41) is -0.546. The van der Waals surface area contributed by atoms with E-state index in [4.69, 9.17) is 16.3 Å². The van der Waals surface area contributed by atoms with Gasteiger partial charge < -0.3 is 14.5 Å². The van der Waals surface area contributed by atoms with Crippen molar-refractivity contribution in [2.45, 2.75) is 39.3 Å². The number of carbonyl (C=O) groups excluding carboxylic acids is 2. The van der Waals surface area contributed by atoms with Crippen LogP contribution in [-0.2, 0) is 4.74 Å². The Morgan fingerprint density at radius 2 is 1.76 bits per heavy atom. The second-order valence-corrected chi connectivity index (χ2v) is 5.40. The van der Waals surface area contributed by atoms with E-state index in [9.17, 15) is 9.59 Å². The number of carbonyl (C=O) groups is 2. The summed E-state index contributed by atoms with van der Waals surface area (Å²) in [5.74, 6) is 0. The number of hydrogen-bond donors (Lipinski definition) is 0. The molecule has 0 aliphatic carbocycles. The van der Waals surface area contributed by atoms with Crippen molar-refractivity contribution in [3.05, 3.63) is 0 Å². The molecule has 17 heavy (non-hydrogen) atoms. The normalized spacial score (nSPS) is 12.9. The number of halogens is 1. The van der Waals surface area contributed by atoms with E-state index in [2.05, 4.69) is 0 Å². The molecule has 0 spiro atoms. The zero-order valence-corrected chi connectivity index (χ0v) is 12.0. The molecular formula is C11H21ClN2O3. The molecule has 6 heteroatoms. The van der Waals surface area contributed by atoms with E-state index in [0.717, 1.165) is 0 Å². The Balaban J connectivity index is 4.30. The van der Waals surface area contributed by atoms with Crippen molar-refractivity contribution in [1.82, 2.24) is 9.80 Å². The highest BCUT2D eigenvalue weighted by atomic mass is 35.5. The van der Waals surface area contributed by atoms with Crippen LogP contribution >= 0.6 is 11.6 Å². The van der Waals surface area contributed by atoms with Crippen LogP contribution in [-0.4, -0.2) is 53.5 Å². The lowest BCUT2D eigenvalue weighted by molar-refractivity contribution is 0.0269. The second-order valence-electron chi connectivity index (χ2n) is 5.07. The van der Waals surface area contributed by atoms with Crippen molar-refractivity contribution in [2.24, 2.45) is 0 Å². The van der Waals surface area contributed by atoms with Crippen molar-refractivity contribution >= 4 is 23.1 Å². The third-order valence-electron chi connectivity index (χ3n) is 2.18. The maximum Gasteiger partial charge on any atom is 0.410 e. The first-order valence-corrected chi connectivity index (χ1v) is 5.79. The summed E-state index contributed by atoms with van der Waals surface area (Å²) >= 11 is 5.34. The molecule has 0 bridgehead atoms. The summed E-state index contributed by atoms with van der Waals surface area (Å²) in [6, 6.07) is -0.169. The third-order valence-corrected chi connectivity index (χ3v) is 2.45. The van der Waals surface area contributed by atoms with Gasteiger partial charge in [-0.25, -0.2) is 4.79 Å². The highest BCUT2D eigenvalue weighted by molar-refractivity contribution is 6.62. The van der Waals surface area contributed by atoms with Crippen LogP contribution in [0.5, 0.6) is 0 Å². The molecule has 0 fully saturated rings. The van der Waals surface area contributed by atoms with Gasteiger partial charge in [0.05, 0.1) is 0 Å². The molecule has 5 nitrogen and oxygen atoms in total. The molecule has 0 aromatic rings. The van der Waals surface area contributed by atoms with E-state index in [1.165, 1.54) is 9.80 Å². The fourth-order valence-corrected chi connectivity index (χ4v) is 1.27. The van der Waals surface area contributed by atoms with Crippen LogP contribution in [0.3, 0.4) is 0 Å². The molecule has 0 saturated heterocycles. The fraction of sp³-hybridized carbons (Fsp3) is 0.818. The average Bonchev–Trinajstić information content (AvgIpc) is 2.13. The van der Waals surface area contributed by atoms with Gasteiger partial charge in [-0.2, -0.15) is 0 Å². The second kappa shape index (κ2) is 6.10. The van der Waals surface area contributed by atoms with Gasteiger partial charge in [-0.15, -0.1) is 0 Å². The van der Waals surface area contributed by atoms with Gasteiger partial charge in [-0.05, 0) is 39.3 Å². The summed E-state index contributed by atoms with van der Waals surface area (Å²) in [5.41, 5.74) is -0.525. The molecule has 1 unspecified atom stereocenters. The highest BCUT2D eigenvalue weighted by Gasteiger charge is 2.22. The molecule has 0 aliphatic heterocycles. The molecule has 0 aromatic carbocycles. The monoisotopic (exact) mass is 264 g/mol. The van der Waals surface area contributed by atoms with Crippen LogP contribution in [0.2, 0.25) is 0 Å². The van der Waals surface area contributed by atoms with Gasteiger partial charge >= 0.3 is 11.5 Å². The first-order valence-electron chi connectivity index (χ1n) is 5.41. The molecule has 1 atom stereocenters. The SMILES string of the molecule is CC(CN(C)C(=O)OC(C)(C)C)N(C)C(=O)Cl. The highest BCUT2D eigenvalue weighted by Crippen LogP contribution is 2.10. The molecule has 0 aromatic heterocycles. The minimum absolute atomic E-state index is 0.169. The fourth-order valence-electron chi connectivity index (χ4n) is 1.11. The van der Waals surface area contributed by atoms with Crippen LogP contribution in [0, 0.1) is 0 Å². The molecule has 100 valence electrons. The molecule has 0 radical (unpaired) electrons. The molecule has 0 N–H and O–H groups in total. The van der Waals surface area contributed by atoms with Crippen molar-refractivity contribution in [3.8, 4) is 0 Å². The molecule has 0 aliphatic rings. The van der Waals surface area contributed by atoms with E-state index in [0.29, 0.717) is 6.54 Å². The van der Waals surface area contributed by atoms with E-state index in [-0.39, 0.29) is 6.04 Å². The van der Waals surface area contributed by atoms with E-state index in [1.807, 2.05) is 0 Å². The van der Waals surface area contributed by atoms with Gasteiger partial charge in [0.1, 0.15) is 5.60 Å². The topological polar surface area (TPSA) is 49.9 Å². The van der Waals surface area contributed by atoms with Crippen LogP contribution in [0.25, 0.3) is 0 Å². The summed E-state index contributed by atoms with van der Waals surface area (Å²) in [7, 11) is 3.21. The predicted octanol–water partition coefficient (Wildman–Crippen LogP) is 2.53. The zero-order valence-electron chi connectivity index (χ0n) is 11.3. The molecule has 2 amide bonds. The zero-order chi connectivity index (χ0) is 13.8. The minimum atomic E-state index is -0.546. The number of hydrogen-bond acceptors (Lipinski definition) is 3. The Morgan fingerprint density at radius 3 is 2.12 bits per heavy atom. The number of rotatable bonds is 3. The molecule has 0 rings (SSSR count). The van der Waals surface area contributed by atoms with E-state index >= 15 is 0 Å². The average molecular weight is 265 g/mol. The van der Waals surface area contributed by atoms with Crippen LogP contribution in [0.15, 0.2) is 0 Å². The standard InChI is InChI=1S/C11H21ClN2O3/c1-8(14(6)9(12)15)7-13(5)10(16)17-11(2,3)4/h8H,7H2,1-6H3. The molecular weight excluding hydrogens is 244 g/mol. The van der Waals surface area contributed by atoms with Gasteiger partial charge in [0.15, 0.2) is 0 Å². The molecule has 0 saturated carbocycles. The largest absolute Gasteiger partial charge is 0.444 e. The van der Waals surface area contributed by atoms with Gasteiger partial charge in [-0.3, -0.25) is 4.79 Å². The van der Waals surface area contributed by atoms with Crippen molar-refractivity contribution < 1.29 is 14.3 Å². The van der Waals surface area contributed by atoms with Crippen LogP contribution in [0.1, 0.15) is 27.7 Å². The summed E-state index contributed by atoms with van der Waals surface area (Å²) in [4.78, 5) is 25.4. The first-order chi connectivity index (χ1) is 7.54. The smallest absolute Gasteiger partial charge is 0.410 e. The van der Waals surface area contributed by atoms with Gasteiger partial charge in [0, 0.05) is 26.7 Å². The Morgan fingerprint density at radius 1 is 1.29 bits per heavy atom. The Kier molecular flexibility index (Phi) is 5.75. The Hall–Kier alpha value is -0.970.